The molecule has 110 valence electrons. The van der Waals surface area contributed by atoms with Crippen LogP contribution in [0.3, 0.4) is 0 Å². The van der Waals surface area contributed by atoms with Crippen LogP contribution in [0.1, 0.15) is 46.5 Å². The topological polar surface area (TPSA) is 61.8 Å². The van der Waals surface area contributed by atoms with E-state index in [9.17, 15) is 9.90 Å². The molecular formula is C14H26N2O3. The Morgan fingerprint density at radius 1 is 1.37 bits per heavy atom. The van der Waals surface area contributed by atoms with Crippen molar-refractivity contribution in [2.45, 2.75) is 63.7 Å². The molecule has 0 aromatic carbocycles. The number of hydrogen-bond donors (Lipinski definition) is 2. The molecule has 1 unspecified atom stereocenters. The minimum Gasteiger partial charge on any atom is -0.444 e. The zero-order valence-electron chi connectivity index (χ0n) is 12.2. The highest BCUT2D eigenvalue weighted by Crippen LogP contribution is 2.34. The quantitative estimate of drug-likeness (QED) is 0.758. The van der Waals surface area contributed by atoms with Crippen molar-refractivity contribution in [3.63, 3.8) is 0 Å². The number of likely N-dealkylation sites (tertiary alicyclic amines) is 1. The van der Waals surface area contributed by atoms with Crippen LogP contribution in [-0.4, -0.2) is 53.0 Å². The fourth-order valence-electron chi connectivity index (χ4n) is 3.06. The molecule has 1 atom stereocenters. The number of ether oxygens (including phenoxy) is 1. The highest BCUT2D eigenvalue weighted by molar-refractivity contribution is 5.69. The molecule has 2 saturated heterocycles. The van der Waals surface area contributed by atoms with E-state index < -0.39 is 11.2 Å². The van der Waals surface area contributed by atoms with Crippen molar-refractivity contribution >= 4 is 6.09 Å². The van der Waals surface area contributed by atoms with Gasteiger partial charge in [0.15, 0.2) is 0 Å². The summed E-state index contributed by atoms with van der Waals surface area (Å²) in [6.45, 7) is 7.93. The molecule has 2 N–H and O–H groups in total. The Balaban J connectivity index is 2.06. The first-order valence-electron chi connectivity index (χ1n) is 7.25. The normalized spacial score (nSPS) is 27.4. The molecule has 0 saturated carbocycles. The van der Waals surface area contributed by atoms with Crippen molar-refractivity contribution in [1.29, 1.82) is 0 Å². The summed E-state index contributed by atoms with van der Waals surface area (Å²) >= 11 is 0. The molecule has 2 fully saturated rings. The van der Waals surface area contributed by atoms with E-state index in [0.29, 0.717) is 19.4 Å². The summed E-state index contributed by atoms with van der Waals surface area (Å²) in [5.74, 6) is 0. The largest absolute Gasteiger partial charge is 0.444 e. The molecule has 2 rings (SSSR count). The van der Waals surface area contributed by atoms with Gasteiger partial charge < -0.3 is 20.1 Å². The number of carbonyl (C=O) groups is 1. The van der Waals surface area contributed by atoms with Crippen molar-refractivity contribution in [1.82, 2.24) is 10.2 Å². The van der Waals surface area contributed by atoms with E-state index in [0.717, 1.165) is 25.9 Å². The molecule has 0 radical (unpaired) electrons. The summed E-state index contributed by atoms with van der Waals surface area (Å²) in [4.78, 5) is 14.0. The van der Waals surface area contributed by atoms with Crippen LogP contribution in [0.15, 0.2) is 0 Å². The maximum atomic E-state index is 12.2. The monoisotopic (exact) mass is 270 g/mol. The third kappa shape index (κ3) is 3.39. The molecule has 5 nitrogen and oxygen atoms in total. The SMILES string of the molecule is CC(C)(C)OC(=O)N1CCCC1C1(O)CCNCC1. The number of amides is 1. The number of carbonyl (C=O) groups excluding carboxylic acids is 1. The fraction of sp³-hybridized carbons (Fsp3) is 0.929. The third-order valence-electron chi connectivity index (χ3n) is 3.97. The second kappa shape index (κ2) is 5.29. The summed E-state index contributed by atoms with van der Waals surface area (Å²) in [7, 11) is 0. The predicted molar refractivity (Wildman–Crippen MR) is 73.0 cm³/mol. The van der Waals surface area contributed by atoms with Crippen LogP contribution in [0, 0.1) is 0 Å². The fourth-order valence-corrected chi connectivity index (χ4v) is 3.06. The van der Waals surface area contributed by atoms with Crippen molar-refractivity contribution in [2.75, 3.05) is 19.6 Å². The summed E-state index contributed by atoms with van der Waals surface area (Å²) < 4.78 is 5.45. The Bertz CT molecular complexity index is 332. The van der Waals surface area contributed by atoms with Gasteiger partial charge in [0, 0.05) is 6.54 Å². The van der Waals surface area contributed by atoms with Gasteiger partial charge in [-0.1, -0.05) is 0 Å². The number of aliphatic hydroxyl groups is 1. The smallest absolute Gasteiger partial charge is 0.410 e. The molecule has 0 bridgehead atoms. The number of rotatable bonds is 1. The first-order chi connectivity index (χ1) is 8.82. The average molecular weight is 270 g/mol. The highest BCUT2D eigenvalue weighted by atomic mass is 16.6. The maximum Gasteiger partial charge on any atom is 0.410 e. The van der Waals surface area contributed by atoms with Gasteiger partial charge in [0.2, 0.25) is 0 Å². The molecular weight excluding hydrogens is 244 g/mol. The molecule has 0 aliphatic carbocycles. The predicted octanol–water partition coefficient (Wildman–Crippen LogP) is 1.50. The Kier molecular flexibility index (Phi) is 4.06. The van der Waals surface area contributed by atoms with Crippen LogP contribution in [0.25, 0.3) is 0 Å². The van der Waals surface area contributed by atoms with Gasteiger partial charge in [0.05, 0.1) is 11.6 Å². The van der Waals surface area contributed by atoms with Crippen LogP contribution in [0.2, 0.25) is 0 Å². The molecule has 0 aromatic rings. The summed E-state index contributed by atoms with van der Waals surface area (Å²) in [5, 5.41) is 14.1. The number of nitrogens with zero attached hydrogens (tertiary/aromatic N) is 1. The van der Waals surface area contributed by atoms with Crippen molar-refractivity contribution in [2.24, 2.45) is 0 Å². The summed E-state index contributed by atoms with van der Waals surface area (Å²) in [5.41, 5.74) is -1.24. The lowest BCUT2D eigenvalue weighted by Gasteiger charge is -2.41. The van der Waals surface area contributed by atoms with E-state index in [-0.39, 0.29) is 12.1 Å². The van der Waals surface area contributed by atoms with Gasteiger partial charge in [-0.05, 0) is 59.5 Å². The first-order valence-corrected chi connectivity index (χ1v) is 7.25. The average Bonchev–Trinajstić information content (AvgIpc) is 2.77. The molecule has 2 aliphatic rings. The van der Waals surface area contributed by atoms with E-state index >= 15 is 0 Å². The zero-order valence-corrected chi connectivity index (χ0v) is 12.2. The minimum absolute atomic E-state index is 0.0931. The number of hydrogen-bond acceptors (Lipinski definition) is 4. The second-order valence-electron chi connectivity index (χ2n) is 6.69. The van der Waals surface area contributed by atoms with Crippen LogP contribution >= 0.6 is 0 Å². The lowest BCUT2D eigenvalue weighted by Crippen LogP contribution is -2.56. The summed E-state index contributed by atoms with van der Waals surface area (Å²) in [6, 6.07) is -0.0931. The van der Waals surface area contributed by atoms with Crippen LogP contribution in [-0.2, 0) is 4.74 Å². The van der Waals surface area contributed by atoms with E-state index in [1.54, 1.807) is 4.90 Å². The van der Waals surface area contributed by atoms with Gasteiger partial charge in [-0.25, -0.2) is 4.79 Å². The van der Waals surface area contributed by atoms with E-state index in [4.69, 9.17) is 4.74 Å². The van der Waals surface area contributed by atoms with Gasteiger partial charge in [0.1, 0.15) is 5.60 Å². The van der Waals surface area contributed by atoms with Crippen LogP contribution in [0.5, 0.6) is 0 Å². The zero-order chi connectivity index (χ0) is 14.1. The molecule has 0 aromatic heterocycles. The Morgan fingerprint density at radius 3 is 2.58 bits per heavy atom. The molecule has 5 heteroatoms. The van der Waals surface area contributed by atoms with Crippen molar-refractivity contribution in [3.05, 3.63) is 0 Å². The Morgan fingerprint density at radius 2 is 2.00 bits per heavy atom. The van der Waals surface area contributed by atoms with Gasteiger partial charge in [0.25, 0.3) is 0 Å². The lowest BCUT2D eigenvalue weighted by molar-refractivity contribution is -0.0607. The van der Waals surface area contributed by atoms with Gasteiger partial charge in [-0.3, -0.25) is 0 Å². The molecule has 0 spiro atoms. The molecule has 1 amide bonds. The van der Waals surface area contributed by atoms with E-state index in [1.165, 1.54) is 0 Å². The summed E-state index contributed by atoms with van der Waals surface area (Å²) in [6.07, 6.45) is 2.94. The molecule has 19 heavy (non-hydrogen) atoms. The number of piperidine rings is 1. The Labute approximate surface area is 115 Å². The van der Waals surface area contributed by atoms with E-state index in [2.05, 4.69) is 5.32 Å². The van der Waals surface area contributed by atoms with Gasteiger partial charge in [-0.15, -0.1) is 0 Å². The second-order valence-corrected chi connectivity index (χ2v) is 6.69. The molecule has 2 heterocycles. The van der Waals surface area contributed by atoms with E-state index in [1.807, 2.05) is 20.8 Å². The van der Waals surface area contributed by atoms with Crippen molar-refractivity contribution in [3.8, 4) is 0 Å². The Hall–Kier alpha value is -0.810. The van der Waals surface area contributed by atoms with Gasteiger partial charge in [-0.2, -0.15) is 0 Å². The van der Waals surface area contributed by atoms with Crippen molar-refractivity contribution < 1.29 is 14.6 Å². The highest BCUT2D eigenvalue weighted by Gasteiger charge is 2.46. The van der Waals surface area contributed by atoms with Crippen LogP contribution < -0.4 is 5.32 Å². The maximum absolute atomic E-state index is 12.2. The molecule has 2 aliphatic heterocycles. The standard InChI is InChI=1S/C14H26N2O3/c1-13(2,3)19-12(17)16-10-4-5-11(16)14(18)6-8-15-9-7-14/h11,15,18H,4-10H2,1-3H3. The number of nitrogens with one attached hydrogen (secondary N) is 1. The van der Waals surface area contributed by atoms with Crippen LogP contribution in [0.4, 0.5) is 4.79 Å². The first kappa shape index (κ1) is 14.6. The lowest BCUT2D eigenvalue weighted by atomic mass is 9.83. The van der Waals surface area contributed by atoms with Gasteiger partial charge >= 0.3 is 6.09 Å². The minimum atomic E-state index is -0.751. The third-order valence-corrected chi connectivity index (χ3v) is 3.97.